The zero-order chi connectivity index (χ0) is 27.7. The molecule has 0 unspecified atom stereocenters. The van der Waals surface area contributed by atoms with Gasteiger partial charge in [-0.3, -0.25) is 19.8 Å². The third-order valence-corrected chi connectivity index (χ3v) is 7.38. The zero-order valence-corrected chi connectivity index (χ0v) is 20.6. The molecular weight excluding hydrogens is 544 g/mol. The molecule has 17 heteroatoms. The number of amides is 1. The minimum absolute atomic E-state index is 0.0814. The Labute approximate surface area is 216 Å². The predicted octanol–water partition coefficient (Wildman–Crippen LogP) is 3.71. The molecule has 38 heavy (non-hydrogen) atoms. The van der Waals surface area contributed by atoms with Gasteiger partial charge in [0.2, 0.25) is 16.0 Å². The fourth-order valence-electron chi connectivity index (χ4n) is 4.38. The molecule has 0 bridgehead atoms. The number of nitrogens with zero attached hydrogens (tertiary/aromatic N) is 6. The molecule has 208 valence electrons. The normalized spacial score (nSPS) is 19.2. The minimum atomic E-state index is -4.88. The molecular formula is C21H23F6N7O3S. The summed E-state index contributed by atoms with van der Waals surface area (Å²) in [6.07, 6.45) is -8.69. The molecule has 0 radical (unpaired) electrons. The smallest absolute Gasteiger partial charge is 0.380 e. The number of carbonyl (C=O) groups is 1. The summed E-state index contributed by atoms with van der Waals surface area (Å²) in [6, 6.07) is 2.42. The minimum Gasteiger partial charge on any atom is -0.380 e. The highest BCUT2D eigenvalue weighted by Gasteiger charge is 2.39. The molecule has 2 aliphatic heterocycles. The lowest BCUT2D eigenvalue weighted by atomic mass is 10.1. The molecule has 10 nitrogen and oxygen atoms in total. The van der Waals surface area contributed by atoms with Crippen LogP contribution in [0.5, 0.6) is 0 Å². The highest BCUT2D eigenvalue weighted by Crippen LogP contribution is 2.38. The van der Waals surface area contributed by atoms with Gasteiger partial charge in [0.25, 0.3) is 5.69 Å². The number of benzene rings is 1. The number of nitro benzene ring substituents is 1. The van der Waals surface area contributed by atoms with Gasteiger partial charge in [-0.25, -0.2) is 0 Å². The van der Waals surface area contributed by atoms with Crippen molar-refractivity contribution in [1.29, 1.82) is 0 Å². The Kier molecular flexibility index (Phi) is 7.96. The first-order chi connectivity index (χ1) is 17.8. The van der Waals surface area contributed by atoms with Crippen LogP contribution in [0, 0.1) is 10.1 Å². The first-order valence-corrected chi connectivity index (χ1v) is 12.4. The summed E-state index contributed by atoms with van der Waals surface area (Å²) in [6.45, 7) is 3.14. The van der Waals surface area contributed by atoms with Gasteiger partial charge in [-0.15, -0.1) is 10.2 Å². The van der Waals surface area contributed by atoms with Crippen molar-refractivity contribution in [1.82, 2.24) is 20.0 Å². The van der Waals surface area contributed by atoms with Crippen LogP contribution in [0.3, 0.4) is 0 Å². The van der Waals surface area contributed by atoms with E-state index in [0.717, 1.165) is 6.07 Å². The standard InChI is InChI=1S/C21H23F6N7O3S/c22-20(23,24)15-11-13(1-2-16(15)34(36)37)28-14-3-6-33(12-14)17(35)4-5-31-7-9-32(10-8-31)19-30-29-18(38-19)21(25,26)27/h1-2,11,14,28H,3-10,12H2/t14-/m1/s1. The third-order valence-electron chi connectivity index (χ3n) is 6.35. The maximum absolute atomic E-state index is 13.2. The molecule has 3 heterocycles. The molecule has 2 aliphatic rings. The average Bonchev–Trinajstić information content (AvgIpc) is 3.52. The Morgan fingerprint density at radius 1 is 1.08 bits per heavy atom. The Morgan fingerprint density at radius 3 is 2.39 bits per heavy atom. The van der Waals surface area contributed by atoms with Gasteiger partial charge in [0.1, 0.15) is 5.56 Å². The second-order valence-corrected chi connectivity index (χ2v) is 9.88. The van der Waals surface area contributed by atoms with E-state index in [2.05, 4.69) is 15.5 Å². The van der Waals surface area contributed by atoms with Gasteiger partial charge in [-0.05, 0) is 18.6 Å². The number of aromatic nitrogens is 2. The monoisotopic (exact) mass is 567 g/mol. The summed E-state index contributed by atoms with van der Waals surface area (Å²) in [4.78, 5) is 27.9. The maximum atomic E-state index is 13.2. The number of rotatable bonds is 7. The molecule has 1 aromatic heterocycles. The summed E-state index contributed by atoms with van der Waals surface area (Å²) < 4.78 is 77.9. The van der Waals surface area contributed by atoms with Crippen LogP contribution < -0.4 is 10.2 Å². The average molecular weight is 568 g/mol. The van der Waals surface area contributed by atoms with Crippen molar-refractivity contribution < 1.29 is 36.1 Å². The van der Waals surface area contributed by atoms with Crippen molar-refractivity contribution in [3.05, 3.63) is 38.9 Å². The van der Waals surface area contributed by atoms with E-state index in [1.54, 1.807) is 9.80 Å². The summed E-state index contributed by atoms with van der Waals surface area (Å²) in [7, 11) is 0. The highest BCUT2D eigenvalue weighted by molar-refractivity contribution is 7.15. The molecule has 2 aromatic rings. The van der Waals surface area contributed by atoms with Gasteiger partial charge in [-0.2, -0.15) is 26.3 Å². The lowest BCUT2D eigenvalue weighted by molar-refractivity contribution is -0.388. The number of anilines is 2. The summed E-state index contributed by atoms with van der Waals surface area (Å²) in [5, 5.41) is 19.9. The Hall–Kier alpha value is -3.21. The van der Waals surface area contributed by atoms with E-state index < -0.39 is 33.5 Å². The summed E-state index contributed by atoms with van der Waals surface area (Å²) >= 11 is 0.495. The number of carbonyl (C=O) groups excluding carboxylic acids is 1. The number of alkyl halides is 6. The van der Waals surface area contributed by atoms with E-state index in [1.807, 2.05) is 4.90 Å². The lowest BCUT2D eigenvalue weighted by Crippen LogP contribution is -2.47. The number of hydrogen-bond donors (Lipinski definition) is 1. The largest absolute Gasteiger partial charge is 0.445 e. The zero-order valence-electron chi connectivity index (χ0n) is 19.8. The number of likely N-dealkylation sites (tertiary alicyclic amines) is 1. The van der Waals surface area contributed by atoms with E-state index in [0.29, 0.717) is 63.1 Å². The Balaban J connectivity index is 1.23. The highest BCUT2D eigenvalue weighted by atomic mass is 32.1. The third kappa shape index (κ3) is 6.61. The lowest BCUT2D eigenvalue weighted by Gasteiger charge is -2.34. The van der Waals surface area contributed by atoms with Crippen molar-refractivity contribution in [3.8, 4) is 0 Å². The first kappa shape index (κ1) is 27.8. The van der Waals surface area contributed by atoms with Crippen LogP contribution in [0.25, 0.3) is 0 Å². The van der Waals surface area contributed by atoms with Crippen molar-refractivity contribution in [3.63, 3.8) is 0 Å². The van der Waals surface area contributed by atoms with Gasteiger partial charge in [0, 0.05) is 70.0 Å². The second-order valence-electron chi connectivity index (χ2n) is 8.92. The molecule has 4 rings (SSSR count). The molecule has 0 saturated carbocycles. The summed E-state index contributed by atoms with van der Waals surface area (Å²) in [5.74, 6) is -0.115. The van der Waals surface area contributed by atoms with Gasteiger partial charge in [-0.1, -0.05) is 11.3 Å². The van der Waals surface area contributed by atoms with Gasteiger partial charge >= 0.3 is 12.4 Å². The van der Waals surface area contributed by atoms with E-state index >= 15 is 0 Å². The quantitative estimate of drug-likeness (QED) is 0.307. The number of nitrogens with one attached hydrogen (secondary N) is 1. The molecule has 1 atom stereocenters. The first-order valence-electron chi connectivity index (χ1n) is 11.6. The van der Waals surface area contributed by atoms with Crippen LogP contribution in [-0.2, 0) is 17.1 Å². The molecule has 0 spiro atoms. The number of piperazine rings is 1. The van der Waals surface area contributed by atoms with Gasteiger partial charge < -0.3 is 15.1 Å². The molecule has 1 amide bonds. The van der Waals surface area contributed by atoms with E-state index in [9.17, 15) is 41.3 Å². The van der Waals surface area contributed by atoms with E-state index in [1.165, 1.54) is 6.07 Å². The van der Waals surface area contributed by atoms with Crippen LogP contribution >= 0.6 is 11.3 Å². The molecule has 2 fully saturated rings. The second kappa shape index (κ2) is 10.9. The Bertz CT molecular complexity index is 1170. The molecule has 1 N–H and O–H groups in total. The van der Waals surface area contributed by atoms with Crippen LogP contribution in [0.1, 0.15) is 23.4 Å². The van der Waals surface area contributed by atoms with Crippen LogP contribution in [0.4, 0.5) is 42.8 Å². The molecule has 1 aromatic carbocycles. The molecule has 2 saturated heterocycles. The Morgan fingerprint density at radius 2 is 1.79 bits per heavy atom. The van der Waals surface area contributed by atoms with Crippen molar-refractivity contribution >= 4 is 33.8 Å². The fraction of sp³-hybridized carbons (Fsp3) is 0.571. The number of hydrogen-bond acceptors (Lipinski definition) is 9. The number of halogens is 6. The van der Waals surface area contributed by atoms with E-state index in [4.69, 9.17) is 0 Å². The predicted molar refractivity (Wildman–Crippen MR) is 125 cm³/mol. The fourth-order valence-corrected chi connectivity index (χ4v) is 5.15. The SMILES string of the molecule is O=C(CCN1CCN(c2nnc(C(F)(F)F)s2)CC1)N1CC[C@@H](Nc2ccc([N+](=O)[O-])c(C(F)(F)F)c2)C1. The van der Waals surface area contributed by atoms with Gasteiger partial charge in [0.05, 0.1) is 4.92 Å². The van der Waals surface area contributed by atoms with Gasteiger partial charge in [0.15, 0.2) is 0 Å². The number of nitro groups is 1. The van der Waals surface area contributed by atoms with E-state index in [-0.39, 0.29) is 35.7 Å². The maximum Gasteiger partial charge on any atom is 0.445 e. The van der Waals surface area contributed by atoms with Crippen LogP contribution in [0.15, 0.2) is 18.2 Å². The van der Waals surface area contributed by atoms with Crippen molar-refractivity contribution in [2.45, 2.75) is 31.2 Å². The topological polar surface area (TPSA) is 108 Å². The molecule has 0 aliphatic carbocycles. The summed E-state index contributed by atoms with van der Waals surface area (Å²) in [5.41, 5.74) is -2.29. The van der Waals surface area contributed by atoms with Crippen molar-refractivity contribution in [2.75, 3.05) is 56.0 Å². The van der Waals surface area contributed by atoms with Crippen LogP contribution in [0.2, 0.25) is 0 Å². The van der Waals surface area contributed by atoms with Crippen molar-refractivity contribution in [2.24, 2.45) is 0 Å². The van der Waals surface area contributed by atoms with Crippen LogP contribution in [-0.4, -0.2) is 82.7 Å².